The fourth-order valence-electron chi connectivity index (χ4n) is 3.95. The highest BCUT2D eigenvalue weighted by atomic mass is 16.6. The largest absolute Gasteiger partial charge is 0.448 e. The first-order valence-corrected chi connectivity index (χ1v) is 9.37. The lowest BCUT2D eigenvalue weighted by Crippen LogP contribution is -2.41. The molecule has 0 radical (unpaired) electrons. The third kappa shape index (κ3) is 3.05. The number of carbonyl (C=O) groups excluding carboxylic acids is 3. The Balaban J connectivity index is 1.54. The maximum atomic E-state index is 12.6. The first-order valence-electron chi connectivity index (χ1n) is 9.37. The third-order valence-electron chi connectivity index (χ3n) is 5.20. The van der Waals surface area contributed by atoms with E-state index in [1.165, 1.54) is 0 Å². The lowest BCUT2D eigenvalue weighted by atomic mass is 9.98. The Labute approximate surface area is 163 Å². The molecule has 2 aromatic rings. The Hall–Kier alpha value is -3.15. The Morgan fingerprint density at radius 1 is 1.04 bits per heavy atom. The van der Waals surface area contributed by atoms with Crippen LogP contribution in [0.3, 0.4) is 0 Å². The van der Waals surface area contributed by atoms with E-state index >= 15 is 0 Å². The average Bonchev–Trinajstić information content (AvgIpc) is 3.13. The van der Waals surface area contributed by atoms with Gasteiger partial charge in [-0.1, -0.05) is 62.4 Å². The minimum atomic E-state index is -0.965. The van der Waals surface area contributed by atoms with E-state index in [4.69, 9.17) is 4.74 Å². The van der Waals surface area contributed by atoms with E-state index < -0.39 is 24.2 Å². The zero-order valence-electron chi connectivity index (χ0n) is 15.8. The Morgan fingerprint density at radius 2 is 1.61 bits per heavy atom. The van der Waals surface area contributed by atoms with Crippen molar-refractivity contribution in [2.45, 2.75) is 32.2 Å². The van der Waals surface area contributed by atoms with Gasteiger partial charge in [0, 0.05) is 5.92 Å². The van der Waals surface area contributed by atoms with Crippen molar-refractivity contribution in [3.63, 3.8) is 0 Å². The van der Waals surface area contributed by atoms with Crippen molar-refractivity contribution in [2.75, 3.05) is 6.61 Å². The van der Waals surface area contributed by atoms with Gasteiger partial charge in [-0.15, -0.1) is 0 Å². The lowest BCUT2D eigenvalue weighted by Gasteiger charge is -2.21. The number of nitrogens with zero attached hydrogens (tertiary/aromatic N) is 1. The van der Waals surface area contributed by atoms with E-state index in [9.17, 15) is 14.4 Å². The second-order valence-electron chi connectivity index (χ2n) is 7.51. The number of benzene rings is 2. The van der Waals surface area contributed by atoms with Gasteiger partial charge < -0.3 is 9.47 Å². The SMILES string of the molecule is CC(C)C[C@H]1C(=O)OC(=O)N1C(=O)OCC1c2ccccc2-c2ccccc21. The van der Waals surface area contributed by atoms with Crippen LogP contribution in [-0.2, 0) is 14.3 Å². The number of amides is 2. The van der Waals surface area contributed by atoms with Gasteiger partial charge in [-0.2, -0.15) is 4.90 Å². The highest BCUT2D eigenvalue weighted by Gasteiger charge is 2.46. The summed E-state index contributed by atoms with van der Waals surface area (Å²) in [5.74, 6) is -0.700. The summed E-state index contributed by atoms with van der Waals surface area (Å²) in [6, 6.07) is 15.1. The molecule has 6 nitrogen and oxygen atoms in total. The first-order chi connectivity index (χ1) is 13.5. The van der Waals surface area contributed by atoms with Crippen LogP contribution in [0.4, 0.5) is 9.59 Å². The van der Waals surface area contributed by atoms with Crippen molar-refractivity contribution >= 4 is 18.2 Å². The molecule has 1 aliphatic heterocycles. The maximum Gasteiger partial charge on any atom is 0.427 e. The summed E-state index contributed by atoms with van der Waals surface area (Å²) >= 11 is 0. The van der Waals surface area contributed by atoms with Gasteiger partial charge >= 0.3 is 18.2 Å². The fraction of sp³-hybridized carbons (Fsp3) is 0.318. The number of ether oxygens (including phenoxy) is 2. The van der Waals surface area contributed by atoms with Crippen molar-refractivity contribution in [3.05, 3.63) is 59.7 Å². The highest BCUT2D eigenvalue weighted by molar-refractivity contribution is 6.03. The summed E-state index contributed by atoms with van der Waals surface area (Å²) < 4.78 is 10.1. The number of imide groups is 1. The molecule has 1 atom stereocenters. The van der Waals surface area contributed by atoms with Crippen LogP contribution >= 0.6 is 0 Å². The lowest BCUT2D eigenvalue weighted by molar-refractivity contribution is -0.136. The highest BCUT2D eigenvalue weighted by Crippen LogP contribution is 2.44. The molecule has 28 heavy (non-hydrogen) atoms. The predicted molar refractivity (Wildman–Crippen MR) is 102 cm³/mol. The first kappa shape index (κ1) is 18.2. The number of cyclic esters (lactones) is 2. The molecule has 2 amide bonds. The number of hydrogen-bond acceptors (Lipinski definition) is 5. The van der Waals surface area contributed by atoms with Crippen LogP contribution in [0.5, 0.6) is 0 Å². The summed E-state index contributed by atoms with van der Waals surface area (Å²) in [7, 11) is 0. The quantitative estimate of drug-likeness (QED) is 0.584. The fourth-order valence-corrected chi connectivity index (χ4v) is 3.95. The molecule has 0 saturated carbocycles. The van der Waals surface area contributed by atoms with E-state index in [0.717, 1.165) is 27.2 Å². The van der Waals surface area contributed by atoms with Crippen LogP contribution in [-0.4, -0.2) is 35.7 Å². The van der Waals surface area contributed by atoms with E-state index in [-0.39, 0.29) is 18.4 Å². The molecular weight excluding hydrogens is 358 g/mol. The molecule has 4 rings (SSSR count). The van der Waals surface area contributed by atoms with Gasteiger partial charge in [0.15, 0.2) is 0 Å². The molecule has 6 heteroatoms. The summed E-state index contributed by atoms with van der Waals surface area (Å²) in [4.78, 5) is 37.3. The molecular formula is C22H21NO5. The molecule has 1 heterocycles. The van der Waals surface area contributed by atoms with Crippen LogP contribution in [0.1, 0.15) is 37.3 Å². The second kappa shape index (κ2) is 7.11. The van der Waals surface area contributed by atoms with Crippen LogP contribution in [0, 0.1) is 5.92 Å². The van der Waals surface area contributed by atoms with Crippen LogP contribution in [0.2, 0.25) is 0 Å². The molecule has 1 saturated heterocycles. The van der Waals surface area contributed by atoms with Gasteiger partial charge in [-0.3, -0.25) is 0 Å². The molecule has 0 spiro atoms. The minimum absolute atomic E-state index is 0.0826. The zero-order chi connectivity index (χ0) is 19.8. The van der Waals surface area contributed by atoms with Gasteiger partial charge in [0.05, 0.1) is 0 Å². The topological polar surface area (TPSA) is 72.9 Å². The molecule has 0 bridgehead atoms. The van der Waals surface area contributed by atoms with Gasteiger partial charge in [-0.05, 0) is 34.6 Å². The van der Waals surface area contributed by atoms with Crippen LogP contribution in [0.25, 0.3) is 11.1 Å². The number of fused-ring (bicyclic) bond motifs is 3. The summed E-state index contributed by atoms with van der Waals surface area (Å²) in [6.07, 6.45) is -1.47. The number of carbonyl (C=O) groups is 3. The smallest absolute Gasteiger partial charge is 0.427 e. The van der Waals surface area contributed by atoms with Crippen LogP contribution < -0.4 is 0 Å². The Morgan fingerprint density at radius 3 is 2.18 bits per heavy atom. The zero-order valence-corrected chi connectivity index (χ0v) is 15.8. The summed E-state index contributed by atoms with van der Waals surface area (Å²) in [5.41, 5.74) is 4.39. The average molecular weight is 379 g/mol. The van der Waals surface area contributed by atoms with E-state index in [1.54, 1.807) is 0 Å². The van der Waals surface area contributed by atoms with E-state index in [1.807, 2.05) is 62.4 Å². The predicted octanol–water partition coefficient (Wildman–Crippen LogP) is 4.33. The van der Waals surface area contributed by atoms with Crippen LogP contribution in [0.15, 0.2) is 48.5 Å². The van der Waals surface area contributed by atoms with Gasteiger partial charge in [0.25, 0.3) is 0 Å². The Kier molecular flexibility index (Phi) is 4.63. The normalized spacial score (nSPS) is 18.2. The molecule has 1 fully saturated rings. The number of esters is 1. The monoisotopic (exact) mass is 379 g/mol. The van der Waals surface area contributed by atoms with E-state index in [0.29, 0.717) is 6.42 Å². The molecule has 2 aliphatic rings. The maximum absolute atomic E-state index is 12.6. The molecule has 2 aromatic carbocycles. The van der Waals surface area contributed by atoms with Crippen molar-refractivity contribution in [2.24, 2.45) is 5.92 Å². The third-order valence-corrected chi connectivity index (χ3v) is 5.20. The van der Waals surface area contributed by atoms with Crippen molar-refractivity contribution in [1.29, 1.82) is 0 Å². The van der Waals surface area contributed by atoms with E-state index in [2.05, 4.69) is 4.74 Å². The Bertz CT molecular complexity index is 906. The number of hydrogen-bond donors (Lipinski definition) is 0. The van der Waals surface area contributed by atoms with Gasteiger partial charge in [0.2, 0.25) is 0 Å². The van der Waals surface area contributed by atoms with Crippen molar-refractivity contribution in [1.82, 2.24) is 4.90 Å². The minimum Gasteiger partial charge on any atom is -0.448 e. The summed E-state index contributed by atoms with van der Waals surface area (Å²) in [5, 5.41) is 0. The molecule has 144 valence electrons. The van der Waals surface area contributed by atoms with Crippen molar-refractivity contribution in [3.8, 4) is 11.1 Å². The standard InChI is InChI=1S/C22H21NO5/c1-13(2)11-19-20(24)28-22(26)23(19)21(25)27-12-18-16-9-5-3-7-14(16)15-8-4-6-10-17(15)18/h3-10,13,18-19H,11-12H2,1-2H3/t19-/m0/s1. The molecule has 0 unspecified atom stereocenters. The number of rotatable bonds is 4. The van der Waals surface area contributed by atoms with Gasteiger partial charge in [-0.25, -0.2) is 14.4 Å². The second-order valence-corrected chi connectivity index (χ2v) is 7.51. The van der Waals surface area contributed by atoms with Crippen molar-refractivity contribution < 1.29 is 23.9 Å². The van der Waals surface area contributed by atoms with Gasteiger partial charge in [0.1, 0.15) is 12.6 Å². The molecule has 0 N–H and O–H groups in total. The summed E-state index contributed by atoms with van der Waals surface area (Å²) in [6.45, 7) is 3.90. The molecule has 0 aromatic heterocycles. The molecule has 1 aliphatic carbocycles.